The molecule has 0 amide bonds. The molecule has 10 atom stereocenters. The summed E-state index contributed by atoms with van der Waals surface area (Å²) >= 11 is 0. The van der Waals surface area contributed by atoms with Gasteiger partial charge in [0.25, 0.3) is 0 Å². The number of fused-ring (bicyclic) bond motifs is 7. The van der Waals surface area contributed by atoms with E-state index in [9.17, 15) is 0 Å². The average Bonchev–Trinajstić information content (AvgIpc) is 3.07. The highest BCUT2D eigenvalue weighted by atomic mass is 14.7. The lowest BCUT2D eigenvalue weighted by atomic mass is 9.41. The van der Waals surface area contributed by atoms with Gasteiger partial charge in [-0.1, -0.05) is 62.8 Å². The van der Waals surface area contributed by atoms with Crippen molar-refractivity contribution in [2.45, 2.75) is 82.5 Å². The van der Waals surface area contributed by atoms with E-state index in [4.69, 9.17) is 0 Å². The van der Waals surface area contributed by atoms with Gasteiger partial charge < -0.3 is 0 Å². The third-order valence-corrected chi connectivity index (χ3v) is 10.8. The van der Waals surface area contributed by atoms with E-state index in [1.165, 1.54) is 19.3 Å². The van der Waals surface area contributed by atoms with Crippen LogP contribution in [-0.4, -0.2) is 0 Å². The third-order valence-electron chi connectivity index (χ3n) is 10.8. The summed E-state index contributed by atoms with van der Waals surface area (Å²) < 4.78 is 0. The number of rotatable bonds is 0. The van der Waals surface area contributed by atoms with Crippen LogP contribution in [0.4, 0.5) is 0 Å². The Morgan fingerprint density at radius 1 is 0.556 bits per heavy atom. The minimum absolute atomic E-state index is 0.926. The summed E-state index contributed by atoms with van der Waals surface area (Å²) in [7, 11) is 0. The standard InChI is InChI=1S/C27H36/c1-2-9-18-16(7-1)15-17-8-5-13-22-24(17)25(18)23-14-6-12-21-19-10-3-4-11-20(19)26(22)27(21)23/h3-4,10-11,16-18,21-27H,1-2,5-9,12-15H2. The van der Waals surface area contributed by atoms with Crippen LogP contribution in [-0.2, 0) is 0 Å². The molecular formula is C27H36. The molecule has 6 aliphatic rings. The Kier molecular flexibility index (Phi) is 3.49. The second-order valence-corrected chi connectivity index (χ2v) is 11.4. The summed E-state index contributed by atoms with van der Waals surface area (Å²) in [4.78, 5) is 0. The normalized spacial score (nSPS) is 52.3. The Hall–Kier alpha value is -0.780. The van der Waals surface area contributed by atoms with E-state index in [0.717, 1.165) is 59.2 Å². The van der Waals surface area contributed by atoms with Crippen LogP contribution in [0.5, 0.6) is 0 Å². The molecule has 7 rings (SSSR count). The summed E-state index contributed by atoms with van der Waals surface area (Å²) in [5.41, 5.74) is 3.63. The van der Waals surface area contributed by atoms with Gasteiger partial charge in [0.2, 0.25) is 0 Å². The van der Waals surface area contributed by atoms with E-state index in [0.29, 0.717) is 0 Å². The van der Waals surface area contributed by atoms with Gasteiger partial charge in [-0.25, -0.2) is 0 Å². The minimum Gasteiger partial charge on any atom is -0.0620 e. The number of hydrogen-bond donors (Lipinski definition) is 0. The Bertz CT molecular complexity index is 733. The van der Waals surface area contributed by atoms with Gasteiger partial charge in [0.15, 0.2) is 0 Å². The first-order chi connectivity index (χ1) is 13.4. The fourth-order valence-corrected chi connectivity index (χ4v) is 10.4. The molecule has 1 aromatic rings. The smallest absolute Gasteiger partial charge is 0.00910 e. The van der Waals surface area contributed by atoms with Gasteiger partial charge >= 0.3 is 0 Å². The maximum Gasteiger partial charge on any atom is -0.00910 e. The number of hydrogen-bond acceptors (Lipinski definition) is 0. The van der Waals surface area contributed by atoms with Crippen LogP contribution >= 0.6 is 0 Å². The Morgan fingerprint density at radius 2 is 1.30 bits per heavy atom. The lowest BCUT2D eigenvalue weighted by Gasteiger charge is -2.63. The van der Waals surface area contributed by atoms with Crippen LogP contribution in [0, 0.1) is 47.3 Å². The first-order valence-corrected chi connectivity index (χ1v) is 12.5. The first kappa shape index (κ1) is 16.1. The van der Waals surface area contributed by atoms with Crippen molar-refractivity contribution < 1.29 is 0 Å². The monoisotopic (exact) mass is 360 g/mol. The zero-order valence-corrected chi connectivity index (χ0v) is 16.9. The molecule has 144 valence electrons. The molecule has 5 saturated carbocycles. The molecule has 0 N–H and O–H groups in total. The van der Waals surface area contributed by atoms with Crippen LogP contribution in [0.2, 0.25) is 0 Å². The summed E-state index contributed by atoms with van der Waals surface area (Å²) in [5.74, 6) is 10.6. The van der Waals surface area contributed by atoms with Gasteiger partial charge in [-0.15, -0.1) is 0 Å². The highest BCUT2D eigenvalue weighted by molar-refractivity contribution is 5.43. The van der Waals surface area contributed by atoms with E-state index in [2.05, 4.69) is 24.3 Å². The maximum atomic E-state index is 2.56. The van der Waals surface area contributed by atoms with Gasteiger partial charge in [0, 0.05) is 0 Å². The lowest BCUT2D eigenvalue weighted by Crippen LogP contribution is -2.56. The molecule has 0 saturated heterocycles. The zero-order chi connectivity index (χ0) is 17.5. The van der Waals surface area contributed by atoms with E-state index >= 15 is 0 Å². The predicted octanol–water partition coefficient (Wildman–Crippen LogP) is 7.16. The van der Waals surface area contributed by atoms with Crippen molar-refractivity contribution in [2.75, 3.05) is 0 Å². The summed E-state index contributed by atoms with van der Waals surface area (Å²) in [6.45, 7) is 0. The van der Waals surface area contributed by atoms with Crippen molar-refractivity contribution in [1.82, 2.24) is 0 Å². The molecule has 5 fully saturated rings. The molecule has 27 heavy (non-hydrogen) atoms. The molecule has 10 unspecified atom stereocenters. The van der Waals surface area contributed by atoms with Crippen LogP contribution in [0.1, 0.15) is 93.6 Å². The predicted molar refractivity (Wildman–Crippen MR) is 111 cm³/mol. The van der Waals surface area contributed by atoms with Gasteiger partial charge in [-0.3, -0.25) is 0 Å². The Balaban J connectivity index is 1.39. The molecule has 0 aromatic heterocycles. The Morgan fingerprint density at radius 3 is 2.26 bits per heavy atom. The van der Waals surface area contributed by atoms with Crippen LogP contribution in [0.15, 0.2) is 24.3 Å². The highest BCUT2D eigenvalue weighted by Crippen LogP contribution is 2.71. The molecule has 1 aromatic carbocycles. The molecule has 0 spiro atoms. The molecule has 0 bridgehead atoms. The topological polar surface area (TPSA) is 0 Å². The van der Waals surface area contributed by atoms with Crippen molar-refractivity contribution in [2.24, 2.45) is 47.3 Å². The summed E-state index contributed by atoms with van der Waals surface area (Å²) in [6, 6.07) is 9.79. The highest BCUT2D eigenvalue weighted by Gasteiger charge is 2.62. The quantitative estimate of drug-likeness (QED) is 0.460. The van der Waals surface area contributed by atoms with Crippen molar-refractivity contribution in [3.05, 3.63) is 35.4 Å². The van der Waals surface area contributed by atoms with E-state index < -0.39 is 0 Å². The Labute approximate surface area is 165 Å². The van der Waals surface area contributed by atoms with Crippen molar-refractivity contribution in [3.63, 3.8) is 0 Å². The van der Waals surface area contributed by atoms with Crippen LogP contribution in [0.25, 0.3) is 0 Å². The van der Waals surface area contributed by atoms with Crippen molar-refractivity contribution in [3.8, 4) is 0 Å². The second kappa shape index (κ2) is 5.87. The zero-order valence-electron chi connectivity index (χ0n) is 16.9. The van der Waals surface area contributed by atoms with Crippen LogP contribution < -0.4 is 0 Å². The largest absolute Gasteiger partial charge is 0.0620 e. The average molecular weight is 361 g/mol. The van der Waals surface area contributed by atoms with Crippen molar-refractivity contribution >= 4 is 0 Å². The van der Waals surface area contributed by atoms with Crippen LogP contribution in [0.3, 0.4) is 0 Å². The molecule has 0 aliphatic heterocycles. The summed E-state index contributed by atoms with van der Waals surface area (Å²) in [6.07, 6.45) is 17.2. The lowest BCUT2D eigenvalue weighted by molar-refractivity contribution is -0.134. The number of benzene rings is 1. The first-order valence-electron chi connectivity index (χ1n) is 12.5. The molecule has 0 radical (unpaired) electrons. The second-order valence-electron chi connectivity index (χ2n) is 11.4. The molecule has 0 heteroatoms. The molecule has 0 heterocycles. The third kappa shape index (κ3) is 2.06. The van der Waals surface area contributed by atoms with Crippen molar-refractivity contribution in [1.29, 1.82) is 0 Å². The molecule has 6 aliphatic carbocycles. The molecular weight excluding hydrogens is 324 g/mol. The van der Waals surface area contributed by atoms with Gasteiger partial charge in [-0.2, -0.15) is 0 Å². The van der Waals surface area contributed by atoms with Gasteiger partial charge in [0.05, 0.1) is 0 Å². The van der Waals surface area contributed by atoms with E-state index in [-0.39, 0.29) is 0 Å². The molecule has 0 nitrogen and oxygen atoms in total. The van der Waals surface area contributed by atoms with E-state index in [1.54, 1.807) is 56.9 Å². The maximum absolute atomic E-state index is 2.56. The minimum atomic E-state index is 0.926. The van der Waals surface area contributed by atoms with Gasteiger partial charge in [-0.05, 0) is 102 Å². The fourth-order valence-electron chi connectivity index (χ4n) is 10.4. The summed E-state index contributed by atoms with van der Waals surface area (Å²) in [5, 5.41) is 0. The van der Waals surface area contributed by atoms with Gasteiger partial charge in [0.1, 0.15) is 0 Å². The van der Waals surface area contributed by atoms with E-state index in [1.807, 2.05) is 5.56 Å². The fraction of sp³-hybridized carbons (Fsp3) is 0.778. The SMILES string of the molecule is c1ccc2c(c1)C1CCCC3C1C2C1CCCC2CC4CCCCC4C3C21.